The number of aromatic nitrogens is 4. The molecule has 0 saturated carbocycles. The van der Waals surface area contributed by atoms with Gasteiger partial charge in [0.1, 0.15) is 6.54 Å². The Morgan fingerprint density at radius 3 is 2.69 bits per heavy atom. The van der Waals surface area contributed by atoms with Gasteiger partial charge in [-0.3, -0.25) is 4.79 Å². The van der Waals surface area contributed by atoms with E-state index in [1.807, 2.05) is 33.8 Å². The highest BCUT2D eigenvalue weighted by molar-refractivity contribution is 5.76. The number of nitrogens with one attached hydrogen (secondary N) is 2. The zero-order chi connectivity index (χ0) is 18.8. The first-order valence-corrected chi connectivity index (χ1v) is 9.37. The van der Waals surface area contributed by atoms with E-state index in [-0.39, 0.29) is 36.0 Å². The second-order valence-electron chi connectivity index (χ2n) is 7.61. The number of carbonyl (C=O) groups excluding carboxylic acids is 1. The Labute approximate surface area is 153 Å². The predicted molar refractivity (Wildman–Crippen MR) is 99.5 cm³/mol. The topological polar surface area (TPSA) is 93.3 Å². The zero-order valence-corrected chi connectivity index (χ0v) is 16.0. The standard InChI is InChI=1S/C18H28N6O2/c1-11(2)14-8-15-17(12(3)4)22-23(18(26)24(15)21-14)10-16(25)20-13-6-5-7-19-9-13/h8,11-13,19H,5-7,9-10H2,1-4H3,(H,20,25)/t13-/m1/s1. The van der Waals surface area contributed by atoms with Crippen LogP contribution in [-0.2, 0) is 11.3 Å². The van der Waals surface area contributed by atoms with Gasteiger partial charge in [-0.1, -0.05) is 27.7 Å². The molecule has 0 radical (unpaired) electrons. The lowest BCUT2D eigenvalue weighted by Crippen LogP contribution is -2.47. The molecule has 0 aromatic carbocycles. The molecule has 0 aliphatic carbocycles. The van der Waals surface area contributed by atoms with Gasteiger partial charge in [0.2, 0.25) is 5.91 Å². The molecular weight excluding hydrogens is 332 g/mol. The Bertz CT molecular complexity index is 845. The van der Waals surface area contributed by atoms with Gasteiger partial charge in [0, 0.05) is 12.6 Å². The van der Waals surface area contributed by atoms with Crippen LogP contribution in [0.4, 0.5) is 0 Å². The molecule has 2 aromatic heterocycles. The molecule has 1 saturated heterocycles. The highest BCUT2D eigenvalue weighted by Gasteiger charge is 2.20. The highest BCUT2D eigenvalue weighted by atomic mass is 16.2. The predicted octanol–water partition coefficient (Wildman–Crippen LogP) is 1.01. The summed E-state index contributed by atoms with van der Waals surface area (Å²) in [7, 11) is 0. The maximum absolute atomic E-state index is 12.8. The van der Waals surface area contributed by atoms with Gasteiger partial charge in [-0.15, -0.1) is 0 Å². The number of nitrogens with zero attached hydrogens (tertiary/aromatic N) is 4. The van der Waals surface area contributed by atoms with Gasteiger partial charge in [-0.2, -0.15) is 14.7 Å². The molecule has 2 aromatic rings. The molecule has 26 heavy (non-hydrogen) atoms. The summed E-state index contributed by atoms with van der Waals surface area (Å²) < 4.78 is 2.61. The van der Waals surface area contributed by atoms with Crippen molar-refractivity contribution >= 4 is 11.4 Å². The van der Waals surface area contributed by atoms with E-state index in [2.05, 4.69) is 20.8 Å². The van der Waals surface area contributed by atoms with Gasteiger partial charge in [-0.05, 0) is 37.3 Å². The summed E-state index contributed by atoms with van der Waals surface area (Å²) in [5.74, 6) is 0.134. The number of hydrogen-bond acceptors (Lipinski definition) is 5. The van der Waals surface area contributed by atoms with Crippen LogP contribution in [0.25, 0.3) is 5.52 Å². The monoisotopic (exact) mass is 360 g/mol. The average molecular weight is 360 g/mol. The Hall–Kier alpha value is -2.22. The van der Waals surface area contributed by atoms with Crippen molar-refractivity contribution in [1.82, 2.24) is 30.0 Å². The molecular formula is C18H28N6O2. The first-order chi connectivity index (χ1) is 12.4. The maximum atomic E-state index is 12.8. The SMILES string of the molecule is CC(C)c1cc2c(C(C)C)nn(CC(=O)N[C@@H]3CCCNC3)c(=O)n2n1. The van der Waals surface area contributed by atoms with Crippen LogP contribution in [0.15, 0.2) is 10.9 Å². The summed E-state index contributed by atoms with van der Waals surface area (Å²) in [4.78, 5) is 25.2. The fourth-order valence-corrected chi connectivity index (χ4v) is 3.24. The Balaban J connectivity index is 1.91. The molecule has 1 aliphatic heterocycles. The van der Waals surface area contributed by atoms with E-state index < -0.39 is 0 Å². The summed E-state index contributed by atoms with van der Waals surface area (Å²) in [5, 5.41) is 15.2. The van der Waals surface area contributed by atoms with Gasteiger partial charge < -0.3 is 10.6 Å². The van der Waals surface area contributed by atoms with Crippen molar-refractivity contribution in [2.75, 3.05) is 13.1 Å². The van der Waals surface area contributed by atoms with Crippen LogP contribution in [0.3, 0.4) is 0 Å². The minimum Gasteiger partial charge on any atom is -0.350 e. The number of amides is 1. The Kier molecular flexibility index (Phi) is 5.41. The molecule has 1 atom stereocenters. The summed E-state index contributed by atoms with van der Waals surface area (Å²) in [6, 6.07) is 2.03. The third-order valence-electron chi connectivity index (χ3n) is 4.71. The van der Waals surface area contributed by atoms with Gasteiger partial charge in [0.05, 0.1) is 16.9 Å². The molecule has 142 valence electrons. The van der Waals surface area contributed by atoms with Crippen molar-refractivity contribution in [2.24, 2.45) is 0 Å². The molecule has 0 bridgehead atoms. The van der Waals surface area contributed by atoms with Crippen molar-refractivity contribution in [3.8, 4) is 0 Å². The van der Waals surface area contributed by atoms with Crippen LogP contribution < -0.4 is 16.3 Å². The smallest absolute Gasteiger partial charge is 0.350 e. The van der Waals surface area contributed by atoms with E-state index in [0.717, 1.165) is 42.8 Å². The van der Waals surface area contributed by atoms with Crippen molar-refractivity contribution < 1.29 is 4.79 Å². The van der Waals surface area contributed by atoms with Crippen LogP contribution >= 0.6 is 0 Å². The fraction of sp³-hybridized carbons (Fsp3) is 0.667. The van der Waals surface area contributed by atoms with Crippen molar-refractivity contribution in [1.29, 1.82) is 0 Å². The van der Waals surface area contributed by atoms with Gasteiger partial charge in [0.25, 0.3) is 0 Å². The highest BCUT2D eigenvalue weighted by Crippen LogP contribution is 2.20. The normalized spacial score (nSPS) is 18.0. The summed E-state index contributed by atoms with van der Waals surface area (Å²) in [6.45, 7) is 9.77. The number of hydrogen-bond donors (Lipinski definition) is 2. The first-order valence-electron chi connectivity index (χ1n) is 9.37. The molecule has 3 heterocycles. The third kappa shape index (κ3) is 3.80. The zero-order valence-electron chi connectivity index (χ0n) is 16.0. The van der Waals surface area contributed by atoms with Crippen molar-refractivity contribution in [3.63, 3.8) is 0 Å². The molecule has 2 N–H and O–H groups in total. The minimum absolute atomic E-state index is 0.0954. The van der Waals surface area contributed by atoms with Crippen LogP contribution in [-0.4, -0.2) is 44.4 Å². The molecule has 0 unspecified atom stereocenters. The van der Waals surface area contributed by atoms with Crippen molar-refractivity contribution in [3.05, 3.63) is 27.9 Å². The minimum atomic E-state index is -0.381. The number of carbonyl (C=O) groups is 1. The molecule has 0 spiro atoms. The van der Waals surface area contributed by atoms with Crippen LogP contribution in [0.5, 0.6) is 0 Å². The van der Waals surface area contributed by atoms with Gasteiger partial charge in [-0.25, -0.2) is 9.48 Å². The second kappa shape index (κ2) is 7.57. The fourth-order valence-electron chi connectivity index (χ4n) is 3.24. The average Bonchev–Trinajstić information content (AvgIpc) is 3.04. The summed E-state index contributed by atoms with van der Waals surface area (Å²) >= 11 is 0. The Morgan fingerprint density at radius 1 is 1.31 bits per heavy atom. The quantitative estimate of drug-likeness (QED) is 0.830. The van der Waals surface area contributed by atoms with E-state index in [0.29, 0.717) is 0 Å². The van der Waals surface area contributed by atoms with Crippen LogP contribution in [0.2, 0.25) is 0 Å². The number of fused-ring (bicyclic) bond motifs is 1. The van der Waals surface area contributed by atoms with E-state index in [4.69, 9.17) is 0 Å². The van der Waals surface area contributed by atoms with Crippen LogP contribution in [0.1, 0.15) is 63.8 Å². The van der Waals surface area contributed by atoms with E-state index in [1.165, 1.54) is 9.20 Å². The Morgan fingerprint density at radius 2 is 2.08 bits per heavy atom. The summed E-state index contributed by atoms with van der Waals surface area (Å²) in [6.07, 6.45) is 1.99. The molecule has 1 amide bonds. The lowest BCUT2D eigenvalue weighted by atomic mass is 10.1. The molecule has 8 heteroatoms. The molecule has 8 nitrogen and oxygen atoms in total. The van der Waals surface area contributed by atoms with Crippen molar-refractivity contribution in [2.45, 2.75) is 65.0 Å². The lowest BCUT2D eigenvalue weighted by molar-refractivity contribution is -0.122. The molecule has 3 rings (SSSR count). The van der Waals surface area contributed by atoms with Crippen LogP contribution in [0, 0.1) is 0 Å². The number of rotatable bonds is 5. The lowest BCUT2D eigenvalue weighted by Gasteiger charge is -2.23. The van der Waals surface area contributed by atoms with Gasteiger partial charge in [0.15, 0.2) is 0 Å². The first kappa shape index (κ1) is 18.6. The molecule has 1 aliphatic rings. The third-order valence-corrected chi connectivity index (χ3v) is 4.71. The second-order valence-corrected chi connectivity index (χ2v) is 7.61. The molecule has 1 fully saturated rings. The summed E-state index contributed by atoms with van der Waals surface area (Å²) in [5.41, 5.74) is 1.97. The van der Waals surface area contributed by atoms with E-state index in [9.17, 15) is 9.59 Å². The largest absolute Gasteiger partial charge is 0.366 e. The maximum Gasteiger partial charge on any atom is 0.366 e. The van der Waals surface area contributed by atoms with Gasteiger partial charge >= 0.3 is 5.69 Å². The number of piperidine rings is 1. The van der Waals surface area contributed by atoms with E-state index in [1.54, 1.807) is 0 Å². The van der Waals surface area contributed by atoms with E-state index >= 15 is 0 Å².